The third kappa shape index (κ3) is 3.88. The number of carbonyl (C=O) groups is 3. The minimum absolute atomic E-state index is 0.328. The van der Waals surface area contributed by atoms with Gasteiger partial charge in [-0.05, 0) is 49.6 Å². The molecule has 0 spiro atoms. The fourth-order valence-electron chi connectivity index (χ4n) is 3.77. The molecular formula is C23H25N5O3. The van der Waals surface area contributed by atoms with E-state index in [1.54, 1.807) is 31.2 Å². The molecule has 3 aromatic rings. The van der Waals surface area contributed by atoms with E-state index in [4.69, 9.17) is 0 Å². The van der Waals surface area contributed by atoms with Crippen molar-refractivity contribution in [3.05, 3.63) is 65.0 Å². The average molecular weight is 419 g/mol. The lowest BCUT2D eigenvalue weighted by atomic mass is 9.92. The lowest BCUT2D eigenvalue weighted by Crippen LogP contribution is -2.43. The molecule has 4 amide bonds. The Kier molecular flexibility index (Phi) is 5.22. The van der Waals surface area contributed by atoms with E-state index in [-0.39, 0.29) is 6.54 Å². The van der Waals surface area contributed by atoms with E-state index >= 15 is 0 Å². The topological polar surface area (TPSA) is 107 Å². The molecule has 1 saturated heterocycles. The zero-order chi connectivity index (χ0) is 22.2. The smallest absolute Gasteiger partial charge is 0.325 e. The highest BCUT2D eigenvalue weighted by Crippen LogP contribution is 2.28. The summed E-state index contributed by atoms with van der Waals surface area (Å²) in [4.78, 5) is 46.4. The normalized spacial score (nSPS) is 18.5. The number of amides is 4. The summed E-state index contributed by atoms with van der Waals surface area (Å²) in [6.07, 6.45) is 0.514. The fourth-order valence-corrected chi connectivity index (χ4v) is 3.77. The molecule has 8 nitrogen and oxygen atoms in total. The van der Waals surface area contributed by atoms with Crippen LogP contribution in [-0.2, 0) is 21.5 Å². The number of urea groups is 1. The van der Waals surface area contributed by atoms with Gasteiger partial charge in [-0.3, -0.25) is 14.5 Å². The number of carbonyl (C=O) groups excluding carboxylic acids is 3. The Labute approximate surface area is 180 Å². The van der Waals surface area contributed by atoms with Gasteiger partial charge in [0, 0.05) is 13.0 Å². The summed E-state index contributed by atoms with van der Waals surface area (Å²) < 4.78 is 0. The number of H-pyrrole nitrogens is 1. The second kappa shape index (κ2) is 7.86. The summed E-state index contributed by atoms with van der Waals surface area (Å²) in [5.41, 5.74) is 3.71. The van der Waals surface area contributed by atoms with Crippen molar-refractivity contribution in [2.24, 2.45) is 0 Å². The van der Waals surface area contributed by atoms with Gasteiger partial charge < -0.3 is 15.6 Å². The maximum absolute atomic E-state index is 12.9. The highest BCUT2D eigenvalue weighted by molar-refractivity contribution is 6.09. The molecule has 3 N–H and O–H groups in total. The molecule has 31 heavy (non-hydrogen) atoms. The number of nitrogens with zero attached hydrogens (tertiary/aromatic N) is 2. The van der Waals surface area contributed by atoms with Crippen LogP contribution < -0.4 is 10.6 Å². The zero-order valence-electron chi connectivity index (χ0n) is 17.8. The lowest BCUT2D eigenvalue weighted by molar-refractivity contribution is -0.134. The van der Waals surface area contributed by atoms with Crippen LogP contribution in [-0.4, -0.2) is 45.8 Å². The van der Waals surface area contributed by atoms with Crippen LogP contribution in [0.3, 0.4) is 0 Å². The van der Waals surface area contributed by atoms with Gasteiger partial charge in [0.05, 0.1) is 11.0 Å². The Hall–Kier alpha value is -3.68. The molecule has 0 bridgehead atoms. The average Bonchev–Trinajstić information content (AvgIpc) is 3.22. The first-order valence-corrected chi connectivity index (χ1v) is 10.2. The molecule has 0 aliphatic carbocycles. The van der Waals surface area contributed by atoms with Crippen LogP contribution in [0.2, 0.25) is 0 Å². The molecule has 1 aromatic heterocycles. The molecule has 2 aromatic carbocycles. The third-order valence-electron chi connectivity index (χ3n) is 5.76. The number of benzene rings is 2. The van der Waals surface area contributed by atoms with Crippen molar-refractivity contribution in [2.75, 3.05) is 13.1 Å². The number of hydrogen-bond acceptors (Lipinski definition) is 4. The fraction of sp³-hybridized carbons (Fsp3) is 0.304. The summed E-state index contributed by atoms with van der Waals surface area (Å²) in [7, 11) is 0. The van der Waals surface area contributed by atoms with Crippen molar-refractivity contribution in [3.8, 4) is 0 Å². The molecule has 1 fully saturated rings. The van der Waals surface area contributed by atoms with Gasteiger partial charge in [-0.15, -0.1) is 0 Å². The molecule has 4 rings (SSSR count). The molecule has 1 aliphatic heterocycles. The van der Waals surface area contributed by atoms with Gasteiger partial charge >= 0.3 is 6.03 Å². The van der Waals surface area contributed by atoms with Gasteiger partial charge in [-0.25, -0.2) is 9.78 Å². The van der Waals surface area contributed by atoms with Crippen molar-refractivity contribution in [1.29, 1.82) is 0 Å². The van der Waals surface area contributed by atoms with Gasteiger partial charge in [0.2, 0.25) is 5.91 Å². The SMILES string of the molecule is Cc1cc2nc(CCNC(=O)CN3C(=O)N[C@@](C)(c4ccccc4)C3=O)[nH]c2cc1C. The maximum atomic E-state index is 12.9. The standard InChI is InChI=1S/C23H25N5O3/c1-14-11-17-18(12-15(14)2)26-19(25-17)9-10-24-20(29)13-28-21(30)23(3,27-22(28)31)16-7-5-4-6-8-16/h4-8,11-12H,9-10,13H2,1-3H3,(H,24,29)(H,25,26)(H,27,31)/t23-/m0/s1. The van der Waals surface area contributed by atoms with E-state index in [9.17, 15) is 14.4 Å². The summed E-state index contributed by atoms with van der Waals surface area (Å²) in [6.45, 7) is 5.75. The Bertz CT molecular complexity index is 1130. The number of nitrogens with one attached hydrogen (secondary N) is 3. The zero-order valence-corrected chi connectivity index (χ0v) is 17.8. The van der Waals surface area contributed by atoms with Crippen molar-refractivity contribution in [3.63, 3.8) is 0 Å². The minimum Gasteiger partial charge on any atom is -0.354 e. The Morgan fingerprint density at radius 1 is 1.13 bits per heavy atom. The monoisotopic (exact) mass is 419 g/mol. The van der Waals surface area contributed by atoms with Crippen LogP contribution in [0.4, 0.5) is 4.79 Å². The Balaban J connectivity index is 1.35. The van der Waals surface area contributed by atoms with Gasteiger partial charge in [0.1, 0.15) is 17.9 Å². The van der Waals surface area contributed by atoms with E-state index in [0.717, 1.165) is 21.8 Å². The molecule has 1 atom stereocenters. The van der Waals surface area contributed by atoms with Gasteiger partial charge in [-0.2, -0.15) is 0 Å². The second-order valence-corrected chi connectivity index (χ2v) is 8.05. The number of imide groups is 1. The predicted molar refractivity (Wildman–Crippen MR) is 116 cm³/mol. The van der Waals surface area contributed by atoms with Crippen molar-refractivity contribution >= 4 is 28.9 Å². The summed E-state index contributed by atoms with van der Waals surface area (Å²) >= 11 is 0. The molecule has 2 heterocycles. The Morgan fingerprint density at radius 3 is 2.58 bits per heavy atom. The van der Waals surface area contributed by atoms with Gasteiger partial charge in [0.15, 0.2) is 0 Å². The summed E-state index contributed by atoms with van der Waals surface area (Å²) in [5.74, 6) is -0.0718. The first-order valence-electron chi connectivity index (χ1n) is 10.2. The molecule has 8 heteroatoms. The van der Waals surface area contributed by atoms with Crippen LogP contribution in [0.25, 0.3) is 11.0 Å². The highest BCUT2D eigenvalue weighted by Gasteiger charge is 2.49. The van der Waals surface area contributed by atoms with Crippen LogP contribution in [0.1, 0.15) is 29.4 Å². The van der Waals surface area contributed by atoms with Gasteiger partial charge in [0.25, 0.3) is 5.91 Å². The molecule has 0 radical (unpaired) electrons. The minimum atomic E-state index is -1.18. The van der Waals surface area contributed by atoms with Crippen molar-refractivity contribution in [1.82, 2.24) is 25.5 Å². The lowest BCUT2D eigenvalue weighted by Gasteiger charge is -2.22. The molecule has 0 saturated carbocycles. The van der Waals surface area contributed by atoms with Crippen LogP contribution >= 0.6 is 0 Å². The number of aryl methyl sites for hydroxylation is 2. The van der Waals surface area contributed by atoms with E-state index in [0.29, 0.717) is 18.5 Å². The number of hydrogen-bond donors (Lipinski definition) is 3. The summed E-state index contributed by atoms with van der Waals surface area (Å²) in [6, 6.07) is 12.5. The number of rotatable bonds is 6. The van der Waals surface area contributed by atoms with Crippen LogP contribution in [0, 0.1) is 13.8 Å². The van der Waals surface area contributed by atoms with Crippen LogP contribution in [0.5, 0.6) is 0 Å². The largest absolute Gasteiger partial charge is 0.354 e. The van der Waals surface area contributed by atoms with E-state index in [2.05, 4.69) is 26.7 Å². The molecular weight excluding hydrogens is 394 g/mol. The van der Waals surface area contributed by atoms with Crippen molar-refractivity contribution in [2.45, 2.75) is 32.7 Å². The molecule has 1 aliphatic rings. The number of fused-ring (bicyclic) bond motifs is 1. The van der Waals surface area contributed by atoms with Crippen molar-refractivity contribution < 1.29 is 14.4 Å². The molecule has 160 valence electrons. The number of imidazole rings is 1. The quantitative estimate of drug-likeness (QED) is 0.533. The third-order valence-corrected chi connectivity index (χ3v) is 5.76. The second-order valence-electron chi connectivity index (χ2n) is 8.05. The maximum Gasteiger partial charge on any atom is 0.325 e. The highest BCUT2D eigenvalue weighted by atomic mass is 16.2. The van der Waals surface area contributed by atoms with E-state index < -0.39 is 23.4 Å². The predicted octanol–water partition coefficient (Wildman–Crippen LogP) is 2.31. The van der Waals surface area contributed by atoms with E-state index in [1.165, 1.54) is 11.1 Å². The Morgan fingerprint density at radius 2 is 1.84 bits per heavy atom. The first-order chi connectivity index (χ1) is 14.8. The summed E-state index contributed by atoms with van der Waals surface area (Å²) in [5, 5.41) is 5.46. The van der Waals surface area contributed by atoms with Crippen LogP contribution in [0.15, 0.2) is 42.5 Å². The van der Waals surface area contributed by atoms with E-state index in [1.807, 2.05) is 26.0 Å². The van der Waals surface area contributed by atoms with Gasteiger partial charge in [-0.1, -0.05) is 30.3 Å². The number of aromatic amines is 1. The number of aromatic nitrogens is 2. The first kappa shape index (κ1) is 20.6. The molecule has 0 unspecified atom stereocenters.